The topological polar surface area (TPSA) is 27.1 Å². The monoisotopic (exact) mass is 266 g/mol. The summed E-state index contributed by atoms with van der Waals surface area (Å²) in [5, 5.41) is 8.20. The Morgan fingerprint density at radius 1 is 1.17 bits per heavy atom. The van der Waals surface area contributed by atoms with Crippen LogP contribution < -0.4 is 4.90 Å². The zero-order valence-corrected chi connectivity index (χ0v) is 11.9. The quantitative estimate of drug-likeness (QED) is 0.375. The summed E-state index contributed by atoms with van der Waals surface area (Å²) in [4.78, 5) is 1.95. The molecule has 0 aliphatic carbocycles. The van der Waals surface area contributed by atoms with Gasteiger partial charge < -0.3 is 4.90 Å². The van der Waals surface area contributed by atoms with Gasteiger partial charge in [0.15, 0.2) is 0 Å². The van der Waals surface area contributed by atoms with Gasteiger partial charge in [0.05, 0.1) is 6.34 Å². The lowest BCUT2D eigenvalue weighted by atomic mass is 10.1. The van der Waals surface area contributed by atoms with Crippen LogP contribution in [0.4, 0.5) is 5.69 Å². The summed E-state index contributed by atoms with van der Waals surface area (Å²) in [7, 11) is 0. The van der Waals surface area contributed by atoms with Gasteiger partial charge in [-0.15, -0.1) is 0 Å². The summed E-state index contributed by atoms with van der Waals surface area (Å²) in [6.45, 7) is 3.13. The van der Waals surface area contributed by atoms with E-state index < -0.39 is 0 Å². The summed E-state index contributed by atoms with van der Waals surface area (Å²) >= 11 is 5.96. The van der Waals surface area contributed by atoms with Crippen LogP contribution in [0.1, 0.15) is 45.4 Å². The van der Waals surface area contributed by atoms with Gasteiger partial charge in [-0.3, -0.25) is 5.41 Å². The standard InChI is InChI=1S/C15H23ClN2/c1-2-3-4-5-6-7-11-18(13-17)15-10-8-9-14(16)12-15/h8-10,12-13,17H,2-7,11H2,1H3. The summed E-state index contributed by atoms with van der Waals surface area (Å²) in [6.07, 6.45) is 9.01. The molecule has 0 aromatic heterocycles. The van der Waals surface area contributed by atoms with Crippen molar-refractivity contribution in [2.45, 2.75) is 45.4 Å². The maximum Gasteiger partial charge on any atom is 0.0861 e. The lowest BCUT2D eigenvalue weighted by Crippen LogP contribution is -2.21. The number of hydrogen-bond donors (Lipinski definition) is 1. The van der Waals surface area contributed by atoms with Gasteiger partial charge >= 0.3 is 0 Å². The maximum absolute atomic E-state index is 7.47. The zero-order chi connectivity index (χ0) is 13.2. The number of hydrogen-bond acceptors (Lipinski definition) is 1. The number of nitrogens with zero attached hydrogens (tertiary/aromatic N) is 1. The molecule has 1 rings (SSSR count). The van der Waals surface area contributed by atoms with Gasteiger partial charge in [0.1, 0.15) is 0 Å². The summed E-state index contributed by atoms with van der Waals surface area (Å²) < 4.78 is 0. The van der Waals surface area contributed by atoms with Crippen molar-refractivity contribution in [2.75, 3.05) is 11.4 Å². The van der Waals surface area contributed by atoms with Crippen LogP contribution >= 0.6 is 11.6 Å². The Labute approximate surface area is 115 Å². The van der Waals surface area contributed by atoms with Crippen molar-refractivity contribution in [3.8, 4) is 0 Å². The molecule has 0 fully saturated rings. The van der Waals surface area contributed by atoms with E-state index in [1.165, 1.54) is 38.4 Å². The largest absolute Gasteiger partial charge is 0.333 e. The average molecular weight is 267 g/mol. The van der Waals surface area contributed by atoms with Gasteiger partial charge in [-0.25, -0.2) is 0 Å². The minimum atomic E-state index is 0.724. The molecule has 0 heterocycles. The number of anilines is 1. The average Bonchev–Trinajstić information content (AvgIpc) is 2.38. The molecular formula is C15H23ClN2. The Kier molecular flexibility index (Phi) is 7.51. The van der Waals surface area contributed by atoms with Crippen LogP contribution in [0.3, 0.4) is 0 Å². The van der Waals surface area contributed by atoms with E-state index in [0.29, 0.717) is 0 Å². The number of unbranched alkanes of at least 4 members (excludes halogenated alkanes) is 5. The molecule has 1 aromatic rings. The molecule has 0 atom stereocenters. The molecule has 0 spiro atoms. The van der Waals surface area contributed by atoms with Gasteiger partial charge in [0, 0.05) is 17.3 Å². The molecule has 0 bridgehead atoms. The highest BCUT2D eigenvalue weighted by atomic mass is 35.5. The zero-order valence-electron chi connectivity index (χ0n) is 11.2. The van der Waals surface area contributed by atoms with Gasteiger partial charge in [-0.1, -0.05) is 56.7 Å². The lowest BCUT2D eigenvalue weighted by molar-refractivity contribution is 0.611. The third-order valence-electron chi connectivity index (χ3n) is 3.05. The van der Waals surface area contributed by atoms with Crippen molar-refractivity contribution in [2.24, 2.45) is 0 Å². The molecule has 0 aliphatic heterocycles. The summed E-state index contributed by atoms with van der Waals surface area (Å²) in [5.74, 6) is 0. The van der Waals surface area contributed by atoms with Crippen molar-refractivity contribution in [1.29, 1.82) is 5.41 Å². The molecule has 1 N–H and O–H groups in total. The highest BCUT2D eigenvalue weighted by molar-refractivity contribution is 6.30. The molecule has 18 heavy (non-hydrogen) atoms. The first-order valence-corrected chi connectivity index (χ1v) is 7.18. The second kappa shape index (κ2) is 8.98. The smallest absolute Gasteiger partial charge is 0.0861 e. The Balaban J connectivity index is 2.32. The second-order valence-corrected chi connectivity index (χ2v) is 5.01. The fourth-order valence-electron chi connectivity index (χ4n) is 1.99. The van der Waals surface area contributed by atoms with Crippen molar-refractivity contribution in [3.05, 3.63) is 29.3 Å². The third-order valence-corrected chi connectivity index (χ3v) is 3.28. The van der Waals surface area contributed by atoms with E-state index in [4.69, 9.17) is 17.0 Å². The van der Waals surface area contributed by atoms with Gasteiger partial charge in [0.25, 0.3) is 0 Å². The molecule has 2 nitrogen and oxygen atoms in total. The van der Waals surface area contributed by atoms with E-state index in [0.717, 1.165) is 23.7 Å². The normalized spacial score (nSPS) is 10.3. The van der Waals surface area contributed by atoms with E-state index in [1.54, 1.807) is 0 Å². The first-order valence-electron chi connectivity index (χ1n) is 6.80. The Bertz CT molecular complexity index is 352. The molecule has 0 saturated carbocycles. The highest BCUT2D eigenvalue weighted by Crippen LogP contribution is 2.19. The maximum atomic E-state index is 7.47. The molecule has 0 radical (unpaired) electrons. The first kappa shape index (κ1) is 15.0. The van der Waals surface area contributed by atoms with Crippen molar-refractivity contribution >= 4 is 23.6 Å². The van der Waals surface area contributed by atoms with E-state index in [1.807, 2.05) is 29.2 Å². The molecule has 0 aliphatic rings. The SMILES string of the molecule is CCCCCCCCN(C=N)c1cccc(Cl)c1. The number of halogens is 1. The van der Waals surface area contributed by atoms with Crippen molar-refractivity contribution in [1.82, 2.24) is 0 Å². The third kappa shape index (κ3) is 5.54. The number of nitrogens with one attached hydrogen (secondary N) is 1. The van der Waals surface area contributed by atoms with Crippen LogP contribution in [0.5, 0.6) is 0 Å². The minimum Gasteiger partial charge on any atom is -0.333 e. The van der Waals surface area contributed by atoms with Crippen LogP contribution in [0.15, 0.2) is 24.3 Å². The molecule has 3 heteroatoms. The van der Waals surface area contributed by atoms with E-state index in [9.17, 15) is 0 Å². The lowest BCUT2D eigenvalue weighted by Gasteiger charge is -2.19. The van der Waals surface area contributed by atoms with Crippen LogP contribution in [0, 0.1) is 5.41 Å². The highest BCUT2D eigenvalue weighted by Gasteiger charge is 2.03. The minimum absolute atomic E-state index is 0.724. The van der Waals surface area contributed by atoms with Gasteiger partial charge in [0.2, 0.25) is 0 Å². The Morgan fingerprint density at radius 2 is 1.89 bits per heavy atom. The first-order chi connectivity index (χ1) is 8.77. The van der Waals surface area contributed by atoms with E-state index in [2.05, 4.69) is 6.92 Å². The second-order valence-electron chi connectivity index (χ2n) is 4.57. The van der Waals surface area contributed by atoms with Crippen molar-refractivity contribution in [3.63, 3.8) is 0 Å². The van der Waals surface area contributed by atoms with E-state index in [-0.39, 0.29) is 0 Å². The van der Waals surface area contributed by atoms with Gasteiger partial charge in [-0.2, -0.15) is 0 Å². The molecule has 1 aromatic carbocycles. The molecule has 0 amide bonds. The van der Waals surface area contributed by atoms with Crippen LogP contribution in [0.25, 0.3) is 0 Å². The molecular weight excluding hydrogens is 244 g/mol. The molecule has 100 valence electrons. The fourth-order valence-corrected chi connectivity index (χ4v) is 2.17. The predicted octanol–water partition coefficient (Wildman–Crippen LogP) is 5.11. The number of rotatable bonds is 9. The molecule has 0 saturated heterocycles. The van der Waals surface area contributed by atoms with Crippen LogP contribution in [-0.4, -0.2) is 12.9 Å². The van der Waals surface area contributed by atoms with E-state index >= 15 is 0 Å². The predicted molar refractivity (Wildman–Crippen MR) is 81.0 cm³/mol. The van der Waals surface area contributed by atoms with Gasteiger partial charge in [-0.05, 0) is 24.6 Å². The Hall–Kier alpha value is -1.02. The Morgan fingerprint density at radius 3 is 2.56 bits per heavy atom. The summed E-state index contributed by atoms with van der Waals surface area (Å²) in [6, 6.07) is 7.69. The van der Waals surface area contributed by atoms with Crippen LogP contribution in [0.2, 0.25) is 5.02 Å². The molecule has 0 unspecified atom stereocenters. The fraction of sp³-hybridized carbons (Fsp3) is 0.533. The van der Waals surface area contributed by atoms with Crippen molar-refractivity contribution < 1.29 is 0 Å². The van der Waals surface area contributed by atoms with Crippen LogP contribution in [-0.2, 0) is 0 Å². The number of benzene rings is 1. The summed E-state index contributed by atoms with van der Waals surface area (Å²) in [5.41, 5.74) is 1.01.